The summed E-state index contributed by atoms with van der Waals surface area (Å²) in [4.78, 5) is 13.0. The number of hydrogen-bond acceptors (Lipinski definition) is 4. The molecule has 0 aromatic heterocycles. The van der Waals surface area contributed by atoms with Crippen molar-refractivity contribution in [3.8, 4) is 0 Å². The molecule has 2 atom stereocenters. The number of benzene rings is 1. The SMILES string of the molecule is CC1(N)CCCCC1C(=O)NCc1ccccc1S(=O)(=O)N1CCCCC1.Cl. The maximum atomic E-state index is 13.1. The van der Waals surface area contributed by atoms with E-state index in [1.807, 2.05) is 13.0 Å². The Kier molecular flexibility index (Phi) is 7.90. The Morgan fingerprint density at radius 2 is 1.86 bits per heavy atom. The number of hydrogen-bond donors (Lipinski definition) is 2. The van der Waals surface area contributed by atoms with Crippen molar-refractivity contribution in [2.45, 2.75) is 68.8 Å². The van der Waals surface area contributed by atoms with Gasteiger partial charge in [0.15, 0.2) is 0 Å². The number of rotatable bonds is 5. The highest BCUT2D eigenvalue weighted by atomic mass is 35.5. The van der Waals surface area contributed by atoms with E-state index < -0.39 is 15.6 Å². The molecular formula is C20H32ClN3O3S. The Morgan fingerprint density at radius 1 is 1.18 bits per heavy atom. The van der Waals surface area contributed by atoms with Crippen molar-refractivity contribution in [2.75, 3.05) is 13.1 Å². The standard InChI is InChI=1S/C20H31N3O3S.ClH/c1-20(21)12-6-5-10-17(20)19(24)22-15-16-9-3-4-11-18(16)27(25,26)23-13-7-2-8-14-23;/h3-4,9,11,17H,2,5-8,10,12-15,21H2,1H3,(H,22,24);1H. The van der Waals surface area contributed by atoms with Crippen molar-refractivity contribution in [1.29, 1.82) is 0 Å². The molecule has 1 saturated heterocycles. The molecule has 8 heteroatoms. The number of carbonyl (C=O) groups excluding carboxylic acids is 1. The van der Waals surface area contributed by atoms with E-state index in [9.17, 15) is 13.2 Å². The zero-order valence-electron chi connectivity index (χ0n) is 16.5. The number of carbonyl (C=O) groups is 1. The monoisotopic (exact) mass is 429 g/mol. The first-order chi connectivity index (χ1) is 12.8. The molecule has 1 amide bonds. The van der Waals surface area contributed by atoms with Crippen molar-refractivity contribution < 1.29 is 13.2 Å². The Morgan fingerprint density at radius 3 is 2.54 bits per heavy atom. The predicted octanol–water partition coefficient (Wildman–Crippen LogP) is 2.81. The van der Waals surface area contributed by atoms with Gasteiger partial charge in [0.05, 0.1) is 10.8 Å². The Labute approximate surface area is 174 Å². The highest BCUT2D eigenvalue weighted by molar-refractivity contribution is 7.89. The molecule has 1 aliphatic carbocycles. The van der Waals surface area contributed by atoms with E-state index >= 15 is 0 Å². The second-order valence-corrected chi connectivity index (χ2v) is 10.0. The molecule has 2 aliphatic rings. The largest absolute Gasteiger partial charge is 0.352 e. The average Bonchev–Trinajstić information content (AvgIpc) is 2.66. The minimum absolute atomic E-state index is 0. The van der Waals surface area contributed by atoms with Crippen LogP contribution in [0, 0.1) is 5.92 Å². The number of piperidine rings is 1. The van der Waals surface area contributed by atoms with Crippen LogP contribution in [0.15, 0.2) is 29.2 Å². The summed E-state index contributed by atoms with van der Waals surface area (Å²) in [5, 5.41) is 2.94. The summed E-state index contributed by atoms with van der Waals surface area (Å²) in [6, 6.07) is 6.96. The van der Waals surface area contributed by atoms with Crippen LogP contribution in [0.3, 0.4) is 0 Å². The third kappa shape index (κ3) is 5.06. The van der Waals surface area contributed by atoms with Crippen LogP contribution in [0.1, 0.15) is 57.4 Å². The molecule has 6 nitrogen and oxygen atoms in total. The molecule has 1 saturated carbocycles. The molecule has 1 aliphatic heterocycles. The molecule has 158 valence electrons. The Hall–Kier alpha value is -1.15. The van der Waals surface area contributed by atoms with Gasteiger partial charge in [-0.1, -0.05) is 37.5 Å². The zero-order chi connectivity index (χ0) is 19.5. The maximum absolute atomic E-state index is 13.1. The molecule has 2 fully saturated rings. The third-order valence-corrected chi connectivity index (χ3v) is 7.93. The molecule has 0 radical (unpaired) electrons. The van der Waals surface area contributed by atoms with Gasteiger partial charge < -0.3 is 11.1 Å². The van der Waals surface area contributed by atoms with E-state index in [1.165, 1.54) is 0 Å². The van der Waals surface area contributed by atoms with Gasteiger partial charge in [-0.2, -0.15) is 4.31 Å². The Bertz CT molecular complexity index is 777. The van der Waals surface area contributed by atoms with Gasteiger partial charge in [-0.25, -0.2) is 8.42 Å². The van der Waals surface area contributed by atoms with Crippen LogP contribution >= 0.6 is 12.4 Å². The molecule has 0 spiro atoms. The summed E-state index contributed by atoms with van der Waals surface area (Å²) in [7, 11) is -3.53. The smallest absolute Gasteiger partial charge is 0.243 e. The van der Waals surface area contributed by atoms with Crippen LogP contribution in [-0.2, 0) is 21.4 Å². The fourth-order valence-electron chi connectivity index (χ4n) is 4.24. The average molecular weight is 430 g/mol. The molecule has 1 aromatic carbocycles. The van der Waals surface area contributed by atoms with Gasteiger partial charge in [0, 0.05) is 25.2 Å². The zero-order valence-corrected chi connectivity index (χ0v) is 18.2. The molecule has 3 N–H and O–H groups in total. The summed E-state index contributed by atoms with van der Waals surface area (Å²) in [5.41, 5.74) is 6.46. The van der Waals surface area contributed by atoms with Crippen LogP contribution in [0.5, 0.6) is 0 Å². The quantitative estimate of drug-likeness (QED) is 0.752. The molecule has 28 heavy (non-hydrogen) atoms. The summed E-state index contributed by atoms with van der Waals surface area (Å²) >= 11 is 0. The van der Waals surface area contributed by atoms with Gasteiger partial charge in [0.1, 0.15) is 0 Å². The van der Waals surface area contributed by atoms with Gasteiger partial charge >= 0.3 is 0 Å². The number of halogens is 1. The second kappa shape index (κ2) is 9.57. The van der Waals surface area contributed by atoms with Gasteiger partial charge in [-0.15, -0.1) is 12.4 Å². The molecule has 2 unspecified atom stereocenters. The molecule has 3 rings (SSSR count). The van der Waals surface area contributed by atoms with Crippen LogP contribution in [0.4, 0.5) is 0 Å². The molecule has 1 heterocycles. The summed E-state index contributed by atoms with van der Waals surface area (Å²) in [6.45, 7) is 3.27. The number of sulfonamides is 1. The minimum atomic E-state index is -3.53. The van der Waals surface area contributed by atoms with Crippen molar-refractivity contribution in [2.24, 2.45) is 11.7 Å². The normalized spacial score (nSPS) is 26.3. The van der Waals surface area contributed by atoms with E-state index in [1.54, 1.807) is 22.5 Å². The predicted molar refractivity (Wildman–Crippen MR) is 113 cm³/mol. The number of nitrogens with two attached hydrogens (primary N) is 1. The van der Waals surface area contributed by atoms with E-state index in [4.69, 9.17) is 5.73 Å². The van der Waals surface area contributed by atoms with Crippen molar-refractivity contribution >= 4 is 28.3 Å². The van der Waals surface area contributed by atoms with Gasteiger partial charge in [0.2, 0.25) is 15.9 Å². The highest BCUT2D eigenvalue weighted by Crippen LogP contribution is 2.32. The molecular weight excluding hydrogens is 398 g/mol. The van der Waals surface area contributed by atoms with Gasteiger partial charge in [-0.05, 0) is 44.2 Å². The second-order valence-electron chi connectivity index (χ2n) is 8.09. The van der Waals surface area contributed by atoms with E-state index in [0.717, 1.165) is 44.9 Å². The van der Waals surface area contributed by atoms with Gasteiger partial charge in [0.25, 0.3) is 0 Å². The van der Waals surface area contributed by atoms with Crippen molar-refractivity contribution in [1.82, 2.24) is 9.62 Å². The number of amides is 1. The number of nitrogens with zero attached hydrogens (tertiary/aromatic N) is 1. The first-order valence-electron chi connectivity index (χ1n) is 9.97. The van der Waals surface area contributed by atoms with Crippen LogP contribution in [0.25, 0.3) is 0 Å². The van der Waals surface area contributed by atoms with Gasteiger partial charge in [-0.3, -0.25) is 4.79 Å². The van der Waals surface area contributed by atoms with E-state index in [2.05, 4.69) is 5.32 Å². The lowest BCUT2D eigenvalue weighted by molar-refractivity contribution is -0.128. The van der Waals surface area contributed by atoms with Crippen LogP contribution in [-0.4, -0.2) is 37.3 Å². The Balaban J connectivity index is 0.00000280. The minimum Gasteiger partial charge on any atom is -0.352 e. The lowest BCUT2D eigenvalue weighted by Gasteiger charge is -2.37. The van der Waals surface area contributed by atoms with E-state index in [0.29, 0.717) is 23.5 Å². The van der Waals surface area contributed by atoms with E-state index in [-0.39, 0.29) is 30.8 Å². The first kappa shape index (κ1) is 23.1. The lowest BCUT2D eigenvalue weighted by Crippen LogP contribution is -2.52. The third-order valence-electron chi connectivity index (χ3n) is 5.93. The maximum Gasteiger partial charge on any atom is 0.243 e. The summed E-state index contributed by atoms with van der Waals surface area (Å²) in [6.07, 6.45) is 6.54. The fraction of sp³-hybridized carbons (Fsp3) is 0.650. The van der Waals surface area contributed by atoms with Crippen LogP contribution < -0.4 is 11.1 Å². The summed E-state index contributed by atoms with van der Waals surface area (Å²) in [5.74, 6) is -0.304. The highest BCUT2D eigenvalue weighted by Gasteiger charge is 2.37. The van der Waals surface area contributed by atoms with Crippen molar-refractivity contribution in [3.05, 3.63) is 29.8 Å². The number of nitrogens with one attached hydrogen (secondary N) is 1. The lowest BCUT2D eigenvalue weighted by atomic mass is 9.74. The van der Waals surface area contributed by atoms with Crippen molar-refractivity contribution in [3.63, 3.8) is 0 Å². The molecule has 1 aromatic rings. The van der Waals surface area contributed by atoms with Crippen LogP contribution in [0.2, 0.25) is 0 Å². The molecule has 0 bridgehead atoms. The first-order valence-corrected chi connectivity index (χ1v) is 11.4. The topological polar surface area (TPSA) is 92.5 Å². The fourth-order valence-corrected chi connectivity index (χ4v) is 5.98. The summed E-state index contributed by atoms with van der Waals surface area (Å²) < 4.78 is 27.7.